The highest BCUT2D eigenvalue weighted by atomic mass is 35.5. The van der Waals surface area contributed by atoms with Crippen LogP contribution in [0.2, 0.25) is 5.02 Å². The lowest BCUT2D eigenvalue weighted by molar-refractivity contribution is -0.132. The van der Waals surface area contributed by atoms with Crippen molar-refractivity contribution in [1.82, 2.24) is 14.8 Å². The van der Waals surface area contributed by atoms with Crippen molar-refractivity contribution >= 4 is 23.5 Å². The Kier molecular flexibility index (Phi) is 3.97. The van der Waals surface area contributed by atoms with Gasteiger partial charge >= 0.3 is 5.97 Å². The van der Waals surface area contributed by atoms with E-state index in [9.17, 15) is 9.90 Å². The van der Waals surface area contributed by atoms with Crippen molar-refractivity contribution in [2.75, 3.05) is 5.32 Å². The molecule has 0 aliphatic carbocycles. The van der Waals surface area contributed by atoms with Gasteiger partial charge in [-0.2, -0.15) is 4.98 Å². The molecule has 1 aliphatic heterocycles. The average molecular weight is 367 g/mol. The highest BCUT2D eigenvalue weighted by Crippen LogP contribution is 2.34. The van der Waals surface area contributed by atoms with Crippen LogP contribution in [0, 0.1) is 6.92 Å². The first-order valence-electron chi connectivity index (χ1n) is 8.03. The molecule has 0 fully saturated rings. The maximum Gasteiger partial charge on any atom is 0.352 e. The maximum absolute atomic E-state index is 11.5. The predicted octanol–water partition coefficient (Wildman–Crippen LogP) is 3.89. The smallest absolute Gasteiger partial charge is 0.352 e. The summed E-state index contributed by atoms with van der Waals surface area (Å²) in [5.74, 6) is -0.178. The normalized spacial score (nSPS) is 15.8. The number of hydrogen-bond acceptors (Lipinski definition) is 4. The SMILES string of the molecule is Cc1ccc(-c2nc3n(n2)C(c2ccccc2Cl)C=C(C(=O)O)N3)cc1. The third-order valence-corrected chi connectivity index (χ3v) is 4.57. The van der Waals surface area contributed by atoms with Gasteiger partial charge < -0.3 is 10.4 Å². The van der Waals surface area contributed by atoms with Crippen molar-refractivity contribution in [3.05, 3.63) is 76.5 Å². The Labute approximate surface area is 154 Å². The molecule has 26 heavy (non-hydrogen) atoms. The quantitative estimate of drug-likeness (QED) is 0.735. The third-order valence-electron chi connectivity index (χ3n) is 4.23. The summed E-state index contributed by atoms with van der Waals surface area (Å²) < 4.78 is 1.66. The zero-order valence-corrected chi connectivity index (χ0v) is 14.6. The van der Waals surface area contributed by atoms with Crippen molar-refractivity contribution in [3.8, 4) is 11.4 Å². The Hall–Kier alpha value is -3.12. The van der Waals surface area contributed by atoms with Crippen LogP contribution >= 0.6 is 11.6 Å². The summed E-state index contributed by atoms with van der Waals surface area (Å²) in [5.41, 5.74) is 2.80. The van der Waals surface area contributed by atoms with E-state index in [1.165, 1.54) is 0 Å². The van der Waals surface area contributed by atoms with E-state index in [0.717, 1.165) is 16.7 Å². The van der Waals surface area contributed by atoms with Crippen molar-refractivity contribution in [2.45, 2.75) is 13.0 Å². The number of aliphatic carboxylic acids is 1. The Morgan fingerprint density at radius 3 is 2.62 bits per heavy atom. The number of hydrogen-bond donors (Lipinski definition) is 2. The average Bonchev–Trinajstić information content (AvgIpc) is 3.06. The molecule has 6 nitrogen and oxygen atoms in total. The van der Waals surface area contributed by atoms with Crippen LogP contribution in [0.1, 0.15) is 17.2 Å². The molecule has 3 aromatic rings. The molecule has 4 rings (SSSR count). The van der Waals surface area contributed by atoms with Gasteiger partial charge in [-0.3, -0.25) is 0 Å². The molecule has 0 radical (unpaired) electrons. The summed E-state index contributed by atoms with van der Waals surface area (Å²) in [7, 11) is 0. The van der Waals surface area contributed by atoms with E-state index in [4.69, 9.17) is 11.6 Å². The summed E-state index contributed by atoms with van der Waals surface area (Å²) in [6.07, 6.45) is 1.59. The summed E-state index contributed by atoms with van der Waals surface area (Å²) >= 11 is 6.33. The summed E-state index contributed by atoms with van der Waals surface area (Å²) in [6, 6.07) is 14.7. The number of benzene rings is 2. The minimum atomic E-state index is -1.06. The van der Waals surface area contributed by atoms with Gasteiger partial charge in [0.05, 0.1) is 0 Å². The predicted molar refractivity (Wildman–Crippen MR) is 99.1 cm³/mol. The number of aryl methyl sites for hydroxylation is 1. The molecule has 1 aliphatic rings. The Morgan fingerprint density at radius 2 is 1.92 bits per heavy atom. The van der Waals surface area contributed by atoms with Crippen LogP contribution in [0.5, 0.6) is 0 Å². The number of nitrogens with one attached hydrogen (secondary N) is 1. The first kappa shape index (κ1) is 16.4. The van der Waals surface area contributed by atoms with Crippen LogP contribution in [0.3, 0.4) is 0 Å². The molecule has 7 heteroatoms. The second-order valence-corrected chi connectivity index (χ2v) is 6.45. The molecule has 1 atom stereocenters. The fourth-order valence-electron chi connectivity index (χ4n) is 2.88. The fourth-order valence-corrected chi connectivity index (χ4v) is 3.13. The molecule has 2 N–H and O–H groups in total. The highest BCUT2D eigenvalue weighted by Gasteiger charge is 2.28. The lowest BCUT2D eigenvalue weighted by atomic mass is 10.0. The van der Waals surface area contributed by atoms with Gasteiger partial charge in [0.15, 0.2) is 5.82 Å². The number of anilines is 1. The summed E-state index contributed by atoms with van der Waals surface area (Å²) in [5, 5.41) is 17.4. The van der Waals surface area contributed by atoms with E-state index in [0.29, 0.717) is 16.8 Å². The Bertz CT molecular complexity index is 1020. The molecule has 0 saturated heterocycles. The van der Waals surface area contributed by atoms with Gasteiger partial charge in [-0.15, -0.1) is 5.10 Å². The molecule has 0 amide bonds. The van der Waals surface area contributed by atoms with Gasteiger partial charge in [0.25, 0.3) is 0 Å². The molecular formula is C19H15ClN4O2. The minimum absolute atomic E-state index is 0.0466. The molecule has 0 saturated carbocycles. The highest BCUT2D eigenvalue weighted by molar-refractivity contribution is 6.31. The number of aromatic nitrogens is 3. The molecule has 2 heterocycles. The van der Waals surface area contributed by atoms with E-state index < -0.39 is 12.0 Å². The summed E-state index contributed by atoms with van der Waals surface area (Å²) in [6.45, 7) is 2.01. The van der Waals surface area contributed by atoms with Gasteiger partial charge in [-0.05, 0) is 24.6 Å². The molecule has 1 aromatic heterocycles. The number of rotatable bonds is 3. The van der Waals surface area contributed by atoms with Crippen LogP contribution in [0.25, 0.3) is 11.4 Å². The van der Waals surface area contributed by atoms with Crippen molar-refractivity contribution < 1.29 is 9.90 Å². The maximum atomic E-state index is 11.5. The van der Waals surface area contributed by atoms with Crippen LogP contribution in [0.4, 0.5) is 5.95 Å². The Balaban J connectivity index is 1.84. The lowest BCUT2D eigenvalue weighted by Gasteiger charge is -2.23. The van der Waals surface area contributed by atoms with E-state index in [2.05, 4.69) is 15.4 Å². The zero-order chi connectivity index (χ0) is 18.3. The number of carboxylic acids is 1. The van der Waals surface area contributed by atoms with Crippen LogP contribution in [-0.2, 0) is 4.79 Å². The fraction of sp³-hybridized carbons (Fsp3) is 0.105. The monoisotopic (exact) mass is 366 g/mol. The van der Waals surface area contributed by atoms with Gasteiger partial charge in [-0.1, -0.05) is 59.6 Å². The number of allylic oxidation sites excluding steroid dienone is 1. The van der Waals surface area contributed by atoms with Crippen LogP contribution in [-0.4, -0.2) is 25.8 Å². The minimum Gasteiger partial charge on any atom is -0.477 e. The van der Waals surface area contributed by atoms with Gasteiger partial charge in [0.1, 0.15) is 11.7 Å². The molecule has 2 aromatic carbocycles. The number of halogens is 1. The van der Waals surface area contributed by atoms with Crippen molar-refractivity contribution in [1.29, 1.82) is 0 Å². The molecular weight excluding hydrogens is 352 g/mol. The third kappa shape index (κ3) is 2.84. The van der Waals surface area contributed by atoms with Crippen molar-refractivity contribution in [3.63, 3.8) is 0 Å². The van der Waals surface area contributed by atoms with Crippen molar-refractivity contribution in [2.24, 2.45) is 0 Å². The standard InChI is InChI=1S/C19H15ClN4O2/c1-11-6-8-12(9-7-11)17-22-19-21-15(18(25)26)10-16(24(19)23-17)13-4-2-3-5-14(13)20/h2-10,16H,1H3,(H,25,26)(H,21,22,23). The van der Waals surface area contributed by atoms with Gasteiger partial charge in [-0.25, -0.2) is 9.48 Å². The first-order chi connectivity index (χ1) is 12.5. The van der Waals surface area contributed by atoms with E-state index in [1.54, 1.807) is 16.8 Å². The first-order valence-corrected chi connectivity index (χ1v) is 8.41. The van der Waals surface area contributed by atoms with E-state index >= 15 is 0 Å². The largest absolute Gasteiger partial charge is 0.477 e. The van der Waals surface area contributed by atoms with Gasteiger partial charge in [0.2, 0.25) is 5.95 Å². The van der Waals surface area contributed by atoms with E-state index in [1.807, 2.05) is 49.4 Å². The second-order valence-electron chi connectivity index (χ2n) is 6.05. The molecule has 0 bridgehead atoms. The molecule has 130 valence electrons. The van der Waals surface area contributed by atoms with Crippen LogP contribution < -0.4 is 5.32 Å². The number of carboxylic acid groups (broad SMARTS) is 1. The second kappa shape index (κ2) is 6.31. The Morgan fingerprint density at radius 1 is 1.19 bits per heavy atom. The zero-order valence-electron chi connectivity index (χ0n) is 13.8. The molecule has 0 spiro atoms. The van der Waals surface area contributed by atoms with Gasteiger partial charge in [0, 0.05) is 10.6 Å². The van der Waals surface area contributed by atoms with Crippen LogP contribution in [0.15, 0.2) is 60.3 Å². The molecule has 1 unspecified atom stereocenters. The van der Waals surface area contributed by atoms with E-state index in [-0.39, 0.29) is 5.70 Å². The number of fused-ring (bicyclic) bond motifs is 1. The lowest BCUT2D eigenvalue weighted by Crippen LogP contribution is -2.24. The topological polar surface area (TPSA) is 80.0 Å². The number of nitrogens with zero attached hydrogens (tertiary/aromatic N) is 3. The number of carbonyl (C=O) groups is 1. The summed E-state index contributed by atoms with van der Waals surface area (Å²) in [4.78, 5) is 16.0.